The third kappa shape index (κ3) is 4.24. The van der Waals surface area contributed by atoms with Gasteiger partial charge in [-0.15, -0.1) is 6.58 Å². The number of benzene rings is 1. The van der Waals surface area contributed by atoms with E-state index < -0.39 is 6.04 Å². The second-order valence-corrected chi connectivity index (χ2v) is 8.05. The molecule has 0 bridgehead atoms. The topological polar surface area (TPSA) is 77.7 Å². The van der Waals surface area contributed by atoms with Crippen molar-refractivity contribution in [3.8, 4) is 0 Å². The van der Waals surface area contributed by atoms with Gasteiger partial charge in [-0.25, -0.2) is 0 Å². The number of nitrogens with one attached hydrogen (secondary N) is 2. The third-order valence-corrected chi connectivity index (χ3v) is 6.06. The van der Waals surface area contributed by atoms with Crippen LogP contribution in [0.4, 0.5) is 5.69 Å². The van der Waals surface area contributed by atoms with Crippen LogP contribution >= 0.6 is 12.2 Å². The molecular weight excluding hydrogens is 400 g/mol. The highest BCUT2D eigenvalue weighted by Crippen LogP contribution is 2.25. The molecule has 3 heterocycles. The summed E-state index contributed by atoms with van der Waals surface area (Å²) in [5, 5.41) is 4.46. The van der Waals surface area contributed by atoms with Crippen molar-refractivity contribution in [2.24, 2.45) is 0 Å². The quantitative estimate of drug-likeness (QED) is 0.501. The number of thiocarbonyl (C=S) groups is 1. The number of aromatic amines is 1. The second-order valence-electron chi connectivity index (χ2n) is 7.68. The van der Waals surface area contributed by atoms with Gasteiger partial charge in [0.1, 0.15) is 6.04 Å². The zero-order chi connectivity index (χ0) is 21.1. The number of hydrogen-bond acceptors (Lipinski definition) is 4. The summed E-state index contributed by atoms with van der Waals surface area (Å²) in [6.07, 6.45) is 6.29. The first-order chi connectivity index (χ1) is 14.6. The highest BCUT2D eigenvalue weighted by Gasteiger charge is 2.44. The fraction of sp³-hybridized carbons (Fsp3) is 0.409. The van der Waals surface area contributed by atoms with Crippen molar-refractivity contribution in [2.45, 2.75) is 37.8 Å². The van der Waals surface area contributed by atoms with Crippen LogP contribution in [0.1, 0.15) is 25.7 Å². The molecule has 158 valence electrons. The molecule has 2 fully saturated rings. The maximum absolute atomic E-state index is 13.1. The molecule has 2 saturated heterocycles. The zero-order valence-electron chi connectivity index (χ0n) is 16.8. The van der Waals surface area contributed by atoms with Crippen LogP contribution < -0.4 is 5.32 Å². The molecule has 4 rings (SSSR count). The average molecular weight is 427 g/mol. The normalized spacial score (nSPS) is 21.6. The lowest BCUT2D eigenvalue weighted by Crippen LogP contribution is -2.42. The van der Waals surface area contributed by atoms with E-state index in [-0.39, 0.29) is 24.3 Å². The number of amides is 2. The molecule has 7 nitrogen and oxygen atoms in total. The minimum atomic E-state index is -0.610. The van der Waals surface area contributed by atoms with Crippen LogP contribution in [0.25, 0.3) is 10.9 Å². The molecule has 0 spiro atoms. The molecule has 30 heavy (non-hydrogen) atoms. The summed E-state index contributed by atoms with van der Waals surface area (Å²) in [6, 6.07) is 7.04. The largest absolute Gasteiger partial charge is 0.376 e. The smallest absolute Gasteiger partial charge is 0.252 e. The van der Waals surface area contributed by atoms with E-state index in [2.05, 4.69) is 16.9 Å². The second kappa shape index (κ2) is 8.97. The number of anilines is 1. The number of aromatic nitrogens is 1. The molecule has 2 N–H and O–H groups in total. The molecule has 2 unspecified atom stereocenters. The fourth-order valence-corrected chi connectivity index (χ4v) is 4.43. The van der Waals surface area contributed by atoms with E-state index in [1.807, 2.05) is 35.4 Å². The van der Waals surface area contributed by atoms with Crippen LogP contribution in [0.3, 0.4) is 0 Å². The minimum Gasteiger partial charge on any atom is -0.376 e. The van der Waals surface area contributed by atoms with Crippen molar-refractivity contribution in [1.29, 1.82) is 0 Å². The Balaban J connectivity index is 1.47. The molecule has 2 aromatic rings. The Morgan fingerprint density at radius 2 is 2.27 bits per heavy atom. The number of nitrogens with zero attached hydrogens (tertiary/aromatic N) is 2. The van der Waals surface area contributed by atoms with Gasteiger partial charge in [0.05, 0.1) is 12.5 Å². The van der Waals surface area contributed by atoms with Crippen molar-refractivity contribution in [3.05, 3.63) is 43.1 Å². The number of fused-ring (bicyclic) bond motifs is 1. The molecular formula is C22H26N4O3S. The third-order valence-electron chi connectivity index (χ3n) is 5.60. The highest BCUT2D eigenvalue weighted by atomic mass is 32.1. The number of carbonyl (C=O) groups is 2. The predicted octanol–water partition coefficient (Wildman–Crippen LogP) is 3.05. The number of H-pyrrole nitrogens is 1. The predicted molar refractivity (Wildman–Crippen MR) is 120 cm³/mol. The standard InChI is InChI=1S/C22H26N4O3S/c1-2-3-10-25-21(28)19(26(22(25)30)14-17-5-4-11-29-17)13-20(27)24-16-7-6-15-8-9-23-18(15)12-16/h2,6-9,12,17,19,23H,1,3-5,10-11,13-14H2,(H,24,27). The van der Waals surface area contributed by atoms with Crippen LogP contribution in [-0.4, -0.2) is 63.6 Å². The van der Waals surface area contributed by atoms with Gasteiger partial charge < -0.3 is 19.9 Å². The molecule has 0 saturated carbocycles. The Hall–Kier alpha value is -2.71. The molecule has 0 radical (unpaired) electrons. The van der Waals surface area contributed by atoms with Crippen LogP contribution in [0.2, 0.25) is 0 Å². The first-order valence-electron chi connectivity index (χ1n) is 10.3. The summed E-state index contributed by atoms with van der Waals surface area (Å²) in [5.74, 6) is -0.347. The fourth-order valence-electron chi connectivity index (χ4n) is 4.05. The summed E-state index contributed by atoms with van der Waals surface area (Å²) in [7, 11) is 0. The van der Waals surface area contributed by atoms with E-state index in [4.69, 9.17) is 17.0 Å². The van der Waals surface area contributed by atoms with E-state index in [0.29, 0.717) is 30.3 Å². The van der Waals surface area contributed by atoms with Crippen molar-refractivity contribution in [3.63, 3.8) is 0 Å². The van der Waals surface area contributed by atoms with Gasteiger partial charge in [0.2, 0.25) is 5.91 Å². The Kier molecular flexibility index (Phi) is 6.15. The maximum Gasteiger partial charge on any atom is 0.252 e. The molecule has 8 heteroatoms. The van der Waals surface area contributed by atoms with E-state index in [0.717, 1.165) is 30.4 Å². The Morgan fingerprint density at radius 1 is 1.40 bits per heavy atom. The Labute approximate surface area is 181 Å². The molecule has 2 amide bonds. The van der Waals surface area contributed by atoms with E-state index >= 15 is 0 Å². The van der Waals surface area contributed by atoms with Crippen LogP contribution in [-0.2, 0) is 14.3 Å². The monoisotopic (exact) mass is 426 g/mol. The molecule has 1 aromatic heterocycles. The molecule has 2 aliphatic heterocycles. The van der Waals surface area contributed by atoms with Gasteiger partial charge in [-0.2, -0.15) is 0 Å². The van der Waals surface area contributed by atoms with Gasteiger partial charge in [-0.05, 0) is 55.1 Å². The lowest BCUT2D eigenvalue weighted by Gasteiger charge is -2.26. The van der Waals surface area contributed by atoms with Crippen molar-refractivity contribution < 1.29 is 14.3 Å². The zero-order valence-corrected chi connectivity index (χ0v) is 17.6. The lowest BCUT2D eigenvalue weighted by molar-refractivity contribution is -0.130. The molecule has 1 aromatic carbocycles. The number of ether oxygens (including phenoxy) is 1. The summed E-state index contributed by atoms with van der Waals surface area (Å²) in [6.45, 7) is 5.46. The average Bonchev–Trinajstić information content (AvgIpc) is 3.45. The van der Waals surface area contributed by atoms with Crippen LogP contribution in [0.15, 0.2) is 43.1 Å². The number of rotatable bonds is 8. The summed E-state index contributed by atoms with van der Waals surface area (Å²) in [5.41, 5.74) is 1.64. The SMILES string of the molecule is C=CCCN1C(=O)C(CC(=O)Nc2ccc3cc[nH]c3c2)N(CC2CCCO2)C1=S. The van der Waals surface area contributed by atoms with E-state index in [9.17, 15) is 9.59 Å². The molecule has 2 atom stereocenters. The van der Waals surface area contributed by atoms with E-state index in [1.54, 1.807) is 11.0 Å². The van der Waals surface area contributed by atoms with Gasteiger partial charge in [0, 0.05) is 37.1 Å². The van der Waals surface area contributed by atoms with E-state index in [1.165, 1.54) is 0 Å². The summed E-state index contributed by atoms with van der Waals surface area (Å²) < 4.78 is 5.75. The molecule has 0 aliphatic carbocycles. The van der Waals surface area contributed by atoms with Gasteiger partial charge in [0.15, 0.2) is 5.11 Å². The summed E-state index contributed by atoms with van der Waals surface area (Å²) >= 11 is 5.59. The van der Waals surface area contributed by atoms with Crippen molar-refractivity contribution in [2.75, 3.05) is 25.0 Å². The molecule has 2 aliphatic rings. The minimum absolute atomic E-state index is 0.0379. The van der Waals surface area contributed by atoms with Crippen molar-refractivity contribution >= 4 is 45.7 Å². The Morgan fingerprint density at radius 3 is 3.03 bits per heavy atom. The first kappa shape index (κ1) is 20.6. The number of carbonyl (C=O) groups excluding carboxylic acids is 2. The number of hydrogen-bond donors (Lipinski definition) is 2. The van der Waals surface area contributed by atoms with Gasteiger partial charge in [-0.1, -0.05) is 12.1 Å². The Bertz CT molecular complexity index is 966. The van der Waals surface area contributed by atoms with Gasteiger partial charge >= 0.3 is 0 Å². The summed E-state index contributed by atoms with van der Waals surface area (Å²) in [4.78, 5) is 32.5. The van der Waals surface area contributed by atoms with Crippen LogP contribution in [0.5, 0.6) is 0 Å². The maximum atomic E-state index is 13.1. The van der Waals surface area contributed by atoms with Crippen LogP contribution in [0, 0.1) is 0 Å². The first-order valence-corrected chi connectivity index (χ1v) is 10.7. The van der Waals surface area contributed by atoms with Gasteiger partial charge in [0.25, 0.3) is 5.91 Å². The highest BCUT2D eigenvalue weighted by molar-refractivity contribution is 7.80. The lowest BCUT2D eigenvalue weighted by atomic mass is 10.1. The van der Waals surface area contributed by atoms with Crippen molar-refractivity contribution in [1.82, 2.24) is 14.8 Å². The van der Waals surface area contributed by atoms with Gasteiger partial charge in [-0.3, -0.25) is 14.5 Å².